The largest absolute Gasteiger partial charge is 0.329 e. The zero-order valence-electron chi connectivity index (χ0n) is 11.6. The van der Waals surface area contributed by atoms with Crippen molar-refractivity contribution in [2.24, 2.45) is 5.92 Å². The highest BCUT2D eigenvalue weighted by Gasteiger charge is 2.25. The van der Waals surface area contributed by atoms with Gasteiger partial charge in [0.2, 0.25) is 5.91 Å². The molecule has 0 fully saturated rings. The van der Waals surface area contributed by atoms with E-state index in [0.717, 1.165) is 24.2 Å². The van der Waals surface area contributed by atoms with Crippen LogP contribution in [0.2, 0.25) is 0 Å². The van der Waals surface area contributed by atoms with Crippen molar-refractivity contribution in [2.75, 3.05) is 0 Å². The molecule has 0 aliphatic carbocycles. The standard InChI is InChI=1S/C15H17N3OS/c1-3-13-12(6-10(2)15(19)17-13)14-7-11(8-20-14)18-5-4-16-9-18/h4-5,7-10H,3,6H2,1-2H3,(H,17,19). The van der Waals surface area contributed by atoms with Crippen LogP contribution in [0.15, 0.2) is 35.9 Å². The lowest BCUT2D eigenvalue weighted by atomic mass is 9.93. The third kappa shape index (κ3) is 2.29. The zero-order valence-corrected chi connectivity index (χ0v) is 12.4. The van der Waals surface area contributed by atoms with Crippen molar-refractivity contribution >= 4 is 22.8 Å². The molecule has 0 saturated heterocycles. The van der Waals surface area contributed by atoms with E-state index < -0.39 is 0 Å². The fraction of sp³-hybridized carbons (Fsp3) is 0.333. The fourth-order valence-electron chi connectivity index (χ4n) is 2.45. The van der Waals surface area contributed by atoms with Crippen LogP contribution in [0.5, 0.6) is 0 Å². The summed E-state index contributed by atoms with van der Waals surface area (Å²) < 4.78 is 2.00. The van der Waals surface area contributed by atoms with Crippen LogP contribution in [0.25, 0.3) is 11.3 Å². The van der Waals surface area contributed by atoms with Gasteiger partial charge in [-0.05, 0) is 24.5 Å². The Bertz CT molecular complexity index is 654. The van der Waals surface area contributed by atoms with E-state index in [9.17, 15) is 4.79 Å². The summed E-state index contributed by atoms with van der Waals surface area (Å²) in [5.74, 6) is 0.177. The summed E-state index contributed by atoms with van der Waals surface area (Å²) in [6, 6.07) is 2.17. The lowest BCUT2D eigenvalue weighted by molar-refractivity contribution is -0.124. The Labute approximate surface area is 122 Å². The van der Waals surface area contributed by atoms with E-state index in [0.29, 0.717) is 0 Å². The summed E-state index contributed by atoms with van der Waals surface area (Å²) in [5.41, 5.74) is 3.46. The molecule has 5 heteroatoms. The first-order chi connectivity index (χ1) is 9.69. The molecule has 2 aromatic rings. The highest BCUT2D eigenvalue weighted by atomic mass is 32.1. The Balaban J connectivity index is 1.97. The van der Waals surface area contributed by atoms with Crippen molar-refractivity contribution in [3.8, 4) is 5.69 Å². The van der Waals surface area contributed by atoms with Crippen LogP contribution in [-0.2, 0) is 4.79 Å². The number of allylic oxidation sites excluding steroid dienone is 2. The molecule has 20 heavy (non-hydrogen) atoms. The van der Waals surface area contributed by atoms with E-state index in [-0.39, 0.29) is 11.8 Å². The molecular weight excluding hydrogens is 270 g/mol. The SMILES string of the molecule is CCC1=C(c2cc(-n3ccnc3)cs2)CC(C)C(=O)N1. The molecule has 1 amide bonds. The van der Waals surface area contributed by atoms with Crippen LogP contribution in [0.1, 0.15) is 31.6 Å². The van der Waals surface area contributed by atoms with E-state index in [1.54, 1.807) is 23.9 Å². The molecule has 1 aliphatic heterocycles. The number of imidazole rings is 1. The molecule has 104 valence electrons. The second-order valence-electron chi connectivity index (χ2n) is 5.04. The van der Waals surface area contributed by atoms with Gasteiger partial charge in [-0.2, -0.15) is 0 Å². The average Bonchev–Trinajstić information content (AvgIpc) is 3.10. The Kier molecular flexibility index (Phi) is 3.44. The first-order valence-corrected chi connectivity index (χ1v) is 7.67. The van der Waals surface area contributed by atoms with Crippen molar-refractivity contribution in [3.05, 3.63) is 40.7 Å². The van der Waals surface area contributed by atoms with Gasteiger partial charge in [0.15, 0.2) is 0 Å². The van der Waals surface area contributed by atoms with Gasteiger partial charge in [0.1, 0.15) is 0 Å². The summed E-state index contributed by atoms with van der Waals surface area (Å²) in [4.78, 5) is 17.1. The minimum Gasteiger partial charge on any atom is -0.329 e. The molecule has 1 N–H and O–H groups in total. The van der Waals surface area contributed by atoms with Crippen LogP contribution in [0, 0.1) is 5.92 Å². The quantitative estimate of drug-likeness (QED) is 0.942. The van der Waals surface area contributed by atoms with Crippen molar-refractivity contribution in [2.45, 2.75) is 26.7 Å². The molecule has 3 heterocycles. The molecule has 3 rings (SSSR count). The van der Waals surface area contributed by atoms with Gasteiger partial charge in [0, 0.05) is 34.3 Å². The van der Waals surface area contributed by atoms with Gasteiger partial charge in [-0.1, -0.05) is 13.8 Å². The van der Waals surface area contributed by atoms with Gasteiger partial charge >= 0.3 is 0 Å². The van der Waals surface area contributed by atoms with Gasteiger partial charge in [0.05, 0.1) is 12.0 Å². The van der Waals surface area contributed by atoms with Crippen LogP contribution < -0.4 is 5.32 Å². The van der Waals surface area contributed by atoms with Crippen molar-refractivity contribution in [1.82, 2.24) is 14.9 Å². The van der Waals surface area contributed by atoms with Crippen molar-refractivity contribution < 1.29 is 4.79 Å². The lowest BCUT2D eigenvalue weighted by Crippen LogP contribution is -2.33. The molecule has 0 saturated carbocycles. The smallest absolute Gasteiger partial charge is 0.227 e. The molecule has 1 aliphatic rings. The highest BCUT2D eigenvalue weighted by Crippen LogP contribution is 2.34. The van der Waals surface area contributed by atoms with E-state index >= 15 is 0 Å². The third-order valence-corrected chi connectivity index (χ3v) is 4.61. The predicted octanol–water partition coefficient (Wildman–Crippen LogP) is 3.21. The topological polar surface area (TPSA) is 46.9 Å². The van der Waals surface area contributed by atoms with Crippen LogP contribution >= 0.6 is 11.3 Å². The summed E-state index contributed by atoms with van der Waals surface area (Å²) in [7, 11) is 0. The summed E-state index contributed by atoms with van der Waals surface area (Å²) >= 11 is 1.72. The molecule has 1 unspecified atom stereocenters. The number of carbonyl (C=O) groups is 1. The van der Waals surface area contributed by atoms with Crippen molar-refractivity contribution in [1.29, 1.82) is 0 Å². The van der Waals surface area contributed by atoms with Gasteiger partial charge < -0.3 is 9.88 Å². The van der Waals surface area contributed by atoms with E-state index in [2.05, 4.69) is 28.7 Å². The number of hydrogen-bond acceptors (Lipinski definition) is 3. The molecule has 4 nitrogen and oxygen atoms in total. The van der Waals surface area contributed by atoms with Gasteiger partial charge in [-0.15, -0.1) is 11.3 Å². The number of amides is 1. The van der Waals surface area contributed by atoms with E-state index in [1.165, 1.54) is 10.5 Å². The second-order valence-corrected chi connectivity index (χ2v) is 5.96. The number of carbonyl (C=O) groups excluding carboxylic acids is 1. The van der Waals surface area contributed by atoms with Crippen LogP contribution in [-0.4, -0.2) is 15.5 Å². The molecule has 0 spiro atoms. The number of nitrogens with one attached hydrogen (secondary N) is 1. The maximum absolute atomic E-state index is 11.8. The van der Waals surface area contributed by atoms with E-state index in [4.69, 9.17) is 0 Å². The number of rotatable bonds is 3. The maximum atomic E-state index is 11.8. The third-order valence-electron chi connectivity index (χ3n) is 3.64. The number of hydrogen-bond donors (Lipinski definition) is 1. The summed E-state index contributed by atoms with van der Waals surface area (Å²) in [6.45, 7) is 4.06. The zero-order chi connectivity index (χ0) is 14.1. The van der Waals surface area contributed by atoms with Crippen LogP contribution in [0.3, 0.4) is 0 Å². The van der Waals surface area contributed by atoms with Gasteiger partial charge in [-0.25, -0.2) is 4.98 Å². The first-order valence-electron chi connectivity index (χ1n) is 6.79. The molecule has 1 atom stereocenters. The number of nitrogens with zero attached hydrogens (tertiary/aromatic N) is 2. The Morgan fingerprint density at radius 3 is 3.10 bits per heavy atom. The fourth-order valence-corrected chi connectivity index (χ4v) is 3.43. The minimum atomic E-state index is 0.0408. The second kappa shape index (κ2) is 5.25. The Morgan fingerprint density at radius 1 is 1.55 bits per heavy atom. The summed E-state index contributed by atoms with van der Waals surface area (Å²) in [5, 5.41) is 5.16. The first kappa shape index (κ1) is 13.1. The maximum Gasteiger partial charge on any atom is 0.227 e. The normalized spacial score (nSPS) is 19.3. The highest BCUT2D eigenvalue weighted by molar-refractivity contribution is 7.11. The molecule has 2 aromatic heterocycles. The van der Waals surface area contributed by atoms with E-state index in [1.807, 2.05) is 17.7 Å². The number of aromatic nitrogens is 2. The lowest BCUT2D eigenvalue weighted by Gasteiger charge is -2.24. The Hall–Kier alpha value is -1.88. The molecule has 0 aromatic carbocycles. The Morgan fingerprint density at radius 2 is 2.40 bits per heavy atom. The predicted molar refractivity (Wildman–Crippen MR) is 80.6 cm³/mol. The molecular formula is C15H17N3OS. The average molecular weight is 287 g/mol. The molecule has 0 radical (unpaired) electrons. The minimum absolute atomic E-state index is 0.0408. The monoisotopic (exact) mass is 287 g/mol. The van der Waals surface area contributed by atoms with Crippen molar-refractivity contribution in [3.63, 3.8) is 0 Å². The number of thiophene rings is 1. The van der Waals surface area contributed by atoms with Crippen LogP contribution in [0.4, 0.5) is 0 Å². The van der Waals surface area contributed by atoms with Gasteiger partial charge in [0.25, 0.3) is 0 Å². The molecule has 0 bridgehead atoms. The van der Waals surface area contributed by atoms with Gasteiger partial charge in [-0.3, -0.25) is 4.79 Å². The summed E-state index contributed by atoms with van der Waals surface area (Å²) in [6.07, 6.45) is 7.18.